The van der Waals surface area contributed by atoms with Gasteiger partial charge in [0.25, 0.3) is 5.91 Å². The van der Waals surface area contributed by atoms with Crippen molar-refractivity contribution in [3.05, 3.63) is 51.2 Å². The van der Waals surface area contributed by atoms with Crippen molar-refractivity contribution in [2.75, 3.05) is 13.7 Å². The summed E-state index contributed by atoms with van der Waals surface area (Å²) in [4.78, 5) is 27.9. The molecule has 5 nitrogen and oxygen atoms in total. The molecule has 1 saturated heterocycles. The summed E-state index contributed by atoms with van der Waals surface area (Å²) in [6, 6.07) is 9.24. The summed E-state index contributed by atoms with van der Waals surface area (Å²) in [5, 5.41) is 5.53. The molecule has 2 aliphatic rings. The summed E-state index contributed by atoms with van der Waals surface area (Å²) in [7, 11) is 1.57. The van der Waals surface area contributed by atoms with Crippen LogP contribution in [0.1, 0.15) is 28.1 Å². The summed E-state index contributed by atoms with van der Waals surface area (Å²) in [5.41, 5.74) is 0.868. The zero-order valence-corrected chi connectivity index (χ0v) is 16.6. The minimum absolute atomic E-state index is 0.0294. The second-order valence-corrected chi connectivity index (χ2v) is 8.51. The molecule has 2 amide bonds. The molecule has 7 heteroatoms. The number of ether oxygens (including phenoxy) is 1. The zero-order chi connectivity index (χ0) is 19.0. The molecule has 1 aliphatic carbocycles. The first-order valence-electron chi connectivity index (χ1n) is 9.01. The number of rotatable bonds is 5. The molecule has 0 spiro atoms. The molecule has 3 unspecified atom stereocenters. The number of halogens is 1. The molecule has 4 rings (SSSR count). The number of amides is 2. The van der Waals surface area contributed by atoms with Crippen LogP contribution in [0.15, 0.2) is 35.7 Å². The van der Waals surface area contributed by atoms with Crippen molar-refractivity contribution < 1.29 is 14.3 Å². The number of nitrogens with zero attached hydrogens (tertiary/aromatic N) is 1. The SMILES string of the molecule is COc1ccc(CC(=O)N2CC3CC(NC(=O)c4cccs4)C2C3)cc1Cl. The van der Waals surface area contributed by atoms with Gasteiger partial charge < -0.3 is 15.0 Å². The van der Waals surface area contributed by atoms with Gasteiger partial charge in [-0.05, 0) is 47.9 Å². The third-order valence-electron chi connectivity index (χ3n) is 5.44. The molecular formula is C20H21ClN2O3S. The molecule has 2 heterocycles. The van der Waals surface area contributed by atoms with Gasteiger partial charge in [0.05, 0.1) is 29.5 Å². The lowest BCUT2D eigenvalue weighted by Crippen LogP contribution is -2.52. The molecule has 1 aromatic heterocycles. The van der Waals surface area contributed by atoms with E-state index in [4.69, 9.17) is 16.3 Å². The van der Waals surface area contributed by atoms with E-state index in [9.17, 15) is 9.59 Å². The second kappa shape index (κ2) is 7.52. The fourth-order valence-corrected chi connectivity index (χ4v) is 5.12. The predicted molar refractivity (Wildman–Crippen MR) is 106 cm³/mol. The van der Waals surface area contributed by atoms with Crippen LogP contribution in [0.2, 0.25) is 5.02 Å². The van der Waals surface area contributed by atoms with Gasteiger partial charge in [-0.15, -0.1) is 11.3 Å². The largest absolute Gasteiger partial charge is 0.495 e. The normalized spacial score (nSPS) is 23.5. The van der Waals surface area contributed by atoms with E-state index >= 15 is 0 Å². The number of nitrogens with one attached hydrogen (secondary N) is 1. The maximum atomic E-state index is 12.9. The number of hydrogen-bond acceptors (Lipinski definition) is 4. The van der Waals surface area contributed by atoms with E-state index in [0.29, 0.717) is 28.0 Å². The first-order valence-corrected chi connectivity index (χ1v) is 10.3. The Morgan fingerprint density at radius 1 is 1.33 bits per heavy atom. The van der Waals surface area contributed by atoms with E-state index in [-0.39, 0.29) is 23.9 Å². The third kappa shape index (κ3) is 3.69. The number of piperidine rings is 1. The van der Waals surface area contributed by atoms with Gasteiger partial charge in [0.2, 0.25) is 5.91 Å². The number of carbonyl (C=O) groups excluding carboxylic acids is 2. The van der Waals surface area contributed by atoms with Crippen molar-refractivity contribution in [2.24, 2.45) is 5.92 Å². The highest BCUT2D eigenvalue weighted by Crippen LogP contribution is 2.38. The number of likely N-dealkylation sites (tertiary alicyclic amines) is 1. The monoisotopic (exact) mass is 404 g/mol. The van der Waals surface area contributed by atoms with Crippen LogP contribution in [0.25, 0.3) is 0 Å². The standard InChI is InChI=1S/C20H21ClN2O3S/c1-26-17-5-4-12(7-14(17)21)10-19(24)23-11-13-8-15(16(23)9-13)22-20(25)18-3-2-6-27-18/h2-7,13,15-16H,8-11H2,1H3,(H,22,25). The minimum Gasteiger partial charge on any atom is -0.495 e. The Balaban J connectivity index is 1.41. The van der Waals surface area contributed by atoms with Gasteiger partial charge in [0, 0.05) is 12.6 Å². The number of benzene rings is 1. The van der Waals surface area contributed by atoms with Gasteiger partial charge in [-0.3, -0.25) is 9.59 Å². The first kappa shape index (κ1) is 18.3. The van der Waals surface area contributed by atoms with E-state index in [1.54, 1.807) is 19.2 Å². The molecule has 1 saturated carbocycles. The summed E-state index contributed by atoms with van der Waals surface area (Å²) in [5.74, 6) is 1.10. The van der Waals surface area contributed by atoms with Crippen LogP contribution in [0.3, 0.4) is 0 Å². The van der Waals surface area contributed by atoms with Crippen molar-refractivity contribution in [3.8, 4) is 5.75 Å². The van der Waals surface area contributed by atoms with Gasteiger partial charge in [-0.2, -0.15) is 0 Å². The highest BCUT2D eigenvalue weighted by molar-refractivity contribution is 7.12. The number of thiophene rings is 1. The number of fused-ring (bicyclic) bond motifs is 2. The fourth-order valence-electron chi connectivity index (χ4n) is 4.21. The smallest absolute Gasteiger partial charge is 0.261 e. The molecule has 1 N–H and O–H groups in total. The summed E-state index contributed by atoms with van der Waals surface area (Å²) >= 11 is 7.60. The fraction of sp³-hybridized carbons (Fsp3) is 0.400. The third-order valence-corrected chi connectivity index (χ3v) is 6.60. The van der Waals surface area contributed by atoms with Gasteiger partial charge in [-0.1, -0.05) is 23.7 Å². The van der Waals surface area contributed by atoms with E-state index in [1.807, 2.05) is 28.5 Å². The highest BCUT2D eigenvalue weighted by Gasteiger charge is 2.47. The molecule has 142 valence electrons. The lowest BCUT2D eigenvalue weighted by Gasteiger charge is -2.33. The van der Waals surface area contributed by atoms with Gasteiger partial charge >= 0.3 is 0 Å². The van der Waals surface area contributed by atoms with Crippen LogP contribution in [-0.4, -0.2) is 42.5 Å². The van der Waals surface area contributed by atoms with Crippen LogP contribution in [-0.2, 0) is 11.2 Å². The molecule has 1 aliphatic heterocycles. The van der Waals surface area contributed by atoms with Crippen LogP contribution in [0, 0.1) is 5.92 Å². The van der Waals surface area contributed by atoms with E-state index < -0.39 is 0 Å². The van der Waals surface area contributed by atoms with Crippen molar-refractivity contribution in [2.45, 2.75) is 31.3 Å². The minimum atomic E-state index is -0.0446. The molecule has 27 heavy (non-hydrogen) atoms. The topological polar surface area (TPSA) is 58.6 Å². The van der Waals surface area contributed by atoms with Crippen LogP contribution >= 0.6 is 22.9 Å². The van der Waals surface area contributed by atoms with Crippen molar-refractivity contribution in [3.63, 3.8) is 0 Å². The quantitative estimate of drug-likeness (QED) is 0.831. The second-order valence-electron chi connectivity index (χ2n) is 7.15. The van der Waals surface area contributed by atoms with Crippen molar-refractivity contribution in [1.29, 1.82) is 0 Å². The average molecular weight is 405 g/mol. The Kier molecular flexibility index (Phi) is 5.10. The average Bonchev–Trinajstić information content (AvgIpc) is 3.38. The lowest BCUT2D eigenvalue weighted by atomic mass is 10.0. The van der Waals surface area contributed by atoms with Gasteiger partial charge in [0.15, 0.2) is 0 Å². The van der Waals surface area contributed by atoms with Crippen molar-refractivity contribution >= 4 is 34.8 Å². The van der Waals surface area contributed by atoms with Gasteiger partial charge in [0.1, 0.15) is 5.75 Å². The zero-order valence-electron chi connectivity index (χ0n) is 15.0. The van der Waals surface area contributed by atoms with Crippen LogP contribution in [0.5, 0.6) is 5.75 Å². The Bertz CT molecular complexity index is 855. The number of hydrogen-bond donors (Lipinski definition) is 1. The molecule has 2 aromatic rings. The molecule has 1 aromatic carbocycles. The Morgan fingerprint density at radius 2 is 2.19 bits per heavy atom. The molecule has 2 fully saturated rings. The Morgan fingerprint density at radius 3 is 2.85 bits per heavy atom. The summed E-state index contributed by atoms with van der Waals surface area (Å²) in [6.07, 6.45) is 2.21. The number of methoxy groups -OCH3 is 1. The lowest BCUT2D eigenvalue weighted by molar-refractivity contribution is -0.132. The summed E-state index contributed by atoms with van der Waals surface area (Å²) < 4.78 is 5.16. The summed E-state index contributed by atoms with van der Waals surface area (Å²) in [6.45, 7) is 0.777. The van der Waals surface area contributed by atoms with Crippen LogP contribution in [0.4, 0.5) is 0 Å². The maximum Gasteiger partial charge on any atom is 0.261 e. The van der Waals surface area contributed by atoms with Gasteiger partial charge in [-0.25, -0.2) is 0 Å². The van der Waals surface area contributed by atoms with E-state index in [2.05, 4.69) is 5.32 Å². The van der Waals surface area contributed by atoms with Crippen LogP contribution < -0.4 is 10.1 Å². The Labute approximate surface area is 167 Å². The number of carbonyl (C=O) groups is 2. The maximum absolute atomic E-state index is 12.9. The first-order chi connectivity index (χ1) is 13.0. The highest BCUT2D eigenvalue weighted by atomic mass is 35.5. The van der Waals surface area contributed by atoms with Crippen molar-refractivity contribution in [1.82, 2.24) is 10.2 Å². The molecule has 2 bridgehead atoms. The van der Waals surface area contributed by atoms with E-state index in [1.165, 1.54) is 11.3 Å². The molecular weight excluding hydrogens is 384 g/mol. The van der Waals surface area contributed by atoms with E-state index in [0.717, 1.165) is 24.9 Å². The Hall–Kier alpha value is -2.05. The predicted octanol–water partition coefficient (Wildman–Crippen LogP) is 3.37. The molecule has 3 atom stereocenters. The molecule has 0 radical (unpaired) electrons.